The smallest absolute Gasteiger partial charge is 0.326 e. The normalized spacial score (nSPS) is 11.7. The van der Waals surface area contributed by atoms with Crippen LogP contribution in [0.1, 0.15) is 5.56 Å². The average Bonchev–Trinajstić information content (AvgIpc) is 2.84. The Morgan fingerprint density at radius 1 is 1.29 bits per heavy atom. The number of carboxylic acid groups (broad SMARTS) is 1. The maximum absolute atomic E-state index is 11.8. The lowest BCUT2D eigenvalue weighted by Crippen LogP contribution is -2.44. The van der Waals surface area contributed by atoms with Gasteiger partial charge in [0.05, 0.1) is 0 Å². The Morgan fingerprint density at radius 3 is 2.57 bits per heavy atom. The minimum Gasteiger partial charge on any atom is -0.480 e. The standard InChI is InChI=1S/C14H16N4O3/c1-18-8-7-12(17-18)16-14(21)15-11(13(19)20)9-10-5-3-2-4-6-10/h2-8,11H,9H2,1H3,(H,19,20)(H2,15,16,17,21). The molecule has 1 aromatic heterocycles. The number of rotatable bonds is 5. The largest absolute Gasteiger partial charge is 0.480 e. The van der Waals surface area contributed by atoms with E-state index in [0.717, 1.165) is 5.56 Å². The molecule has 2 amide bonds. The molecule has 2 rings (SSSR count). The molecule has 0 aliphatic carbocycles. The summed E-state index contributed by atoms with van der Waals surface area (Å²) in [6, 6.07) is 9.13. The summed E-state index contributed by atoms with van der Waals surface area (Å²) in [7, 11) is 1.72. The van der Waals surface area contributed by atoms with Gasteiger partial charge in [0.1, 0.15) is 6.04 Å². The van der Waals surface area contributed by atoms with Gasteiger partial charge >= 0.3 is 12.0 Å². The molecule has 0 spiro atoms. The number of hydrogen-bond donors (Lipinski definition) is 3. The Labute approximate surface area is 121 Å². The van der Waals surface area contributed by atoms with Gasteiger partial charge < -0.3 is 10.4 Å². The molecule has 0 fully saturated rings. The monoisotopic (exact) mass is 288 g/mol. The van der Waals surface area contributed by atoms with E-state index in [1.807, 2.05) is 30.3 Å². The van der Waals surface area contributed by atoms with Crippen molar-refractivity contribution in [3.8, 4) is 0 Å². The zero-order valence-corrected chi connectivity index (χ0v) is 11.5. The van der Waals surface area contributed by atoms with Gasteiger partial charge in [-0.15, -0.1) is 0 Å². The van der Waals surface area contributed by atoms with E-state index in [-0.39, 0.29) is 6.42 Å². The second-order valence-electron chi connectivity index (χ2n) is 4.55. The Balaban J connectivity index is 1.96. The van der Waals surface area contributed by atoms with Gasteiger partial charge in [-0.3, -0.25) is 10.00 Å². The van der Waals surface area contributed by atoms with Crippen molar-refractivity contribution in [2.24, 2.45) is 7.05 Å². The van der Waals surface area contributed by atoms with Gasteiger partial charge in [-0.2, -0.15) is 5.10 Å². The van der Waals surface area contributed by atoms with Crippen LogP contribution in [0.25, 0.3) is 0 Å². The molecule has 0 bridgehead atoms. The van der Waals surface area contributed by atoms with Crippen LogP contribution in [0.5, 0.6) is 0 Å². The quantitative estimate of drug-likeness (QED) is 0.771. The summed E-state index contributed by atoms with van der Waals surface area (Å²) < 4.78 is 1.54. The number of nitrogens with zero attached hydrogens (tertiary/aromatic N) is 2. The molecule has 1 aromatic carbocycles. The molecular formula is C14H16N4O3. The van der Waals surface area contributed by atoms with Crippen LogP contribution in [-0.2, 0) is 18.3 Å². The Morgan fingerprint density at radius 2 is 2.00 bits per heavy atom. The van der Waals surface area contributed by atoms with Gasteiger partial charge in [-0.1, -0.05) is 30.3 Å². The zero-order chi connectivity index (χ0) is 15.2. The maximum Gasteiger partial charge on any atom is 0.326 e. The number of nitrogens with one attached hydrogen (secondary N) is 2. The van der Waals surface area contributed by atoms with Crippen LogP contribution in [0.15, 0.2) is 42.6 Å². The first-order valence-corrected chi connectivity index (χ1v) is 6.38. The molecule has 0 radical (unpaired) electrons. The fourth-order valence-corrected chi connectivity index (χ4v) is 1.84. The molecule has 0 saturated carbocycles. The third kappa shape index (κ3) is 4.34. The van der Waals surface area contributed by atoms with Crippen molar-refractivity contribution in [3.05, 3.63) is 48.2 Å². The summed E-state index contributed by atoms with van der Waals surface area (Å²) in [6.45, 7) is 0. The first-order chi connectivity index (χ1) is 10.0. The van der Waals surface area contributed by atoms with E-state index < -0.39 is 18.0 Å². The van der Waals surface area contributed by atoms with E-state index in [2.05, 4.69) is 15.7 Å². The third-order valence-electron chi connectivity index (χ3n) is 2.84. The minimum atomic E-state index is -1.09. The maximum atomic E-state index is 11.8. The number of amides is 2. The van der Waals surface area contributed by atoms with Crippen molar-refractivity contribution >= 4 is 17.8 Å². The SMILES string of the molecule is Cn1ccc(NC(=O)NC(Cc2ccccc2)C(=O)O)n1. The van der Waals surface area contributed by atoms with E-state index in [9.17, 15) is 14.7 Å². The van der Waals surface area contributed by atoms with Crippen LogP contribution in [-0.4, -0.2) is 32.9 Å². The molecule has 1 atom stereocenters. The highest BCUT2D eigenvalue weighted by atomic mass is 16.4. The topological polar surface area (TPSA) is 96.2 Å². The fraction of sp³-hybridized carbons (Fsp3) is 0.214. The number of aliphatic carboxylic acids is 1. The molecule has 3 N–H and O–H groups in total. The lowest BCUT2D eigenvalue weighted by atomic mass is 10.1. The Bertz CT molecular complexity index is 624. The summed E-state index contributed by atoms with van der Waals surface area (Å²) in [5.41, 5.74) is 0.836. The van der Waals surface area contributed by atoms with Crippen molar-refractivity contribution < 1.29 is 14.7 Å². The predicted octanol–water partition coefficient (Wildman–Crippen LogP) is 1.24. The number of benzene rings is 1. The molecule has 0 aliphatic heterocycles. The number of hydrogen-bond acceptors (Lipinski definition) is 3. The van der Waals surface area contributed by atoms with Crippen LogP contribution in [0.2, 0.25) is 0 Å². The fourth-order valence-electron chi connectivity index (χ4n) is 1.84. The Kier molecular flexibility index (Phi) is 4.55. The highest BCUT2D eigenvalue weighted by Gasteiger charge is 2.20. The van der Waals surface area contributed by atoms with E-state index >= 15 is 0 Å². The summed E-state index contributed by atoms with van der Waals surface area (Å²) in [6.07, 6.45) is 1.89. The van der Waals surface area contributed by atoms with Crippen molar-refractivity contribution in [1.82, 2.24) is 15.1 Å². The molecule has 21 heavy (non-hydrogen) atoms. The molecule has 2 aromatic rings. The van der Waals surface area contributed by atoms with E-state index in [1.54, 1.807) is 19.3 Å². The zero-order valence-electron chi connectivity index (χ0n) is 11.5. The molecule has 0 aliphatic rings. The van der Waals surface area contributed by atoms with Crippen LogP contribution >= 0.6 is 0 Å². The van der Waals surface area contributed by atoms with Crippen molar-refractivity contribution in [2.45, 2.75) is 12.5 Å². The van der Waals surface area contributed by atoms with E-state index in [1.165, 1.54) is 4.68 Å². The number of aromatic nitrogens is 2. The van der Waals surface area contributed by atoms with Crippen molar-refractivity contribution in [2.75, 3.05) is 5.32 Å². The van der Waals surface area contributed by atoms with Gasteiger partial charge in [-0.25, -0.2) is 9.59 Å². The van der Waals surface area contributed by atoms with Crippen molar-refractivity contribution in [1.29, 1.82) is 0 Å². The van der Waals surface area contributed by atoms with Gasteiger partial charge in [-0.05, 0) is 5.56 Å². The molecule has 0 saturated heterocycles. The van der Waals surface area contributed by atoms with Crippen LogP contribution in [0, 0.1) is 0 Å². The first-order valence-electron chi connectivity index (χ1n) is 6.38. The lowest BCUT2D eigenvalue weighted by Gasteiger charge is -2.14. The summed E-state index contributed by atoms with van der Waals surface area (Å²) >= 11 is 0. The molecular weight excluding hydrogens is 272 g/mol. The van der Waals surface area contributed by atoms with E-state index in [4.69, 9.17) is 0 Å². The van der Waals surface area contributed by atoms with Crippen molar-refractivity contribution in [3.63, 3.8) is 0 Å². The summed E-state index contributed by atoms with van der Waals surface area (Å²) in [5, 5.41) is 18.1. The summed E-state index contributed by atoms with van der Waals surface area (Å²) in [5.74, 6) is -0.728. The molecule has 7 heteroatoms. The predicted molar refractivity (Wildman–Crippen MR) is 76.9 cm³/mol. The van der Waals surface area contributed by atoms with Crippen LogP contribution in [0.4, 0.5) is 10.6 Å². The number of urea groups is 1. The van der Waals surface area contributed by atoms with Gasteiger partial charge in [0.15, 0.2) is 5.82 Å². The number of anilines is 1. The third-order valence-corrected chi connectivity index (χ3v) is 2.84. The number of carbonyl (C=O) groups excluding carboxylic acids is 1. The molecule has 1 heterocycles. The van der Waals surface area contributed by atoms with Crippen LogP contribution in [0.3, 0.4) is 0 Å². The molecule has 110 valence electrons. The minimum absolute atomic E-state index is 0.214. The lowest BCUT2D eigenvalue weighted by molar-refractivity contribution is -0.139. The second-order valence-corrected chi connectivity index (χ2v) is 4.55. The summed E-state index contributed by atoms with van der Waals surface area (Å²) in [4.78, 5) is 23.0. The van der Waals surface area contributed by atoms with Gasteiger partial charge in [0.2, 0.25) is 0 Å². The highest BCUT2D eigenvalue weighted by Crippen LogP contribution is 2.05. The van der Waals surface area contributed by atoms with Gasteiger partial charge in [0.25, 0.3) is 0 Å². The molecule has 7 nitrogen and oxygen atoms in total. The average molecular weight is 288 g/mol. The molecule has 1 unspecified atom stereocenters. The van der Waals surface area contributed by atoms with E-state index in [0.29, 0.717) is 5.82 Å². The highest BCUT2D eigenvalue weighted by molar-refractivity contribution is 5.91. The number of aryl methyl sites for hydroxylation is 1. The number of carboxylic acids is 1. The van der Waals surface area contributed by atoms with Crippen LogP contribution < -0.4 is 10.6 Å². The number of carbonyl (C=O) groups is 2. The first kappa shape index (κ1) is 14.6. The van der Waals surface area contributed by atoms with Gasteiger partial charge in [0, 0.05) is 25.7 Å². The second kappa shape index (κ2) is 6.56. The Hall–Kier alpha value is -2.83.